The lowest BCUT2D eigenvalue weighted by Gasteiger charge is -2.35. The third-order valence-corrected chi connectivity index (χ3v) is 2.32. The largest absolute Gasteiger partial charge is 0.372 e. The summed E-state index contributed by atoms with van der Waals surface area (Å²) in [6.07, 6.45) is 6.48. The van der Waals surface area contributed by atoms with E-state index in [1.54, 1.807) is 0 Å². The molecule has 0 bridgehead atoms. The molecule has 0 amide bonds. The van der Waals surface area contributed by atoms with Crippen molar-refractivity contribution >= 4 is 0 Å². The van der Waals surface area contributed by atoms with Crippen molar-refractivity contribution in [2.75, 3.05) is 0 Å². The lowest BCUT2D eigenvalue weighted by atomic mass is 9.94. The quantitative estimate of drug-likeness (QED) is 0.606. The van der Waals surface area contributed by atoms with Gasteiger partial charge in [-0.3, -0.25) is 0 Å². The minimum absolute atomic E-state index is 0.0623. The molecular formula is C10H19O. The van der Waals surface area contributed by atoms with E-state index in [0.29, 0.717) is 6.10 Å². The van der Waals surface area contributed by atoms with Crippen LogP contribution in [0.15, 0.2) is 0 Å². The van der Waals surface area contributed by atoms with Crippen molar-refractivity contribution in [2.45, 2.75) is 57.7 Å². The maximum atomic E-state index is 5.87. The van der Waals surface area contributed by atoms with E-state index >= 15 is 0 Å². The van der Waals surface area contributed by atoms with Gasteiger partial charge in [0.2, 0.25) is 0 Å². The second kappa shape index (κ2) is 3.57. The van der Waals surface area contributed by atoms with Gasteiger partial charge in [0.15, 0.2) is 0 Å². The van der Waals surface area contributed by atoms with Crippen LogP contribution >= 0.6 is 0 Å². The van der Waals surface area contributed by atoms with Crippen LogP contribution in [0.4, 0.5) is 0 Å². The Morgan fingerprint density at radius 3 is 2.45 bits per heavy atom. The standard InChI is InChI=1S/C10H19O/c1-4-8-10(2,3)11-9-6-5-7-9/h9H,1,4-8H2,2-3H3. The first-order valence-corrected chi connectivity index (χ1v) is 4.61. The van der Waals surface area contributed by atoms with Gasteiger partial charge in [0, 0.05) is 0 Å². The van der Waals surface area contributed by atoms with E-state index < -0.39 is 0 Å². The Labute approximate surface area is 70.1 Å². The molecular weight excluding hydrogens is 136 g/mol. The van der Waals surface area contributed by atoms with Gasteiger partial charge in [0.1, 0.15) is 0 Å². The first kappa shape index (κ1) is 9.05. The highest BCUT2D eigenvalue weighted by Crippen LogP contribution is 2.28. The number of hydrogen-bond donors (Lipinski definition) is 0. The minimum atomic E-state index is 0.0623. The zero-order valence-corrected chi connectivity index (χ0v) is 7.73. The second-order valence-electron chi connectivity index (χ2n) is 4.03. The molecule has 0 heterocycles. The third kappa shape index (κ3) is 2.82. The maximum Gasteiger partial charge on any atom is 0.0630 e. The molecule has 1 aliphatic rings. The van der Waals surface area contributed by atoms with Crippen LogP contribution in [0, 0.1) is 6.92 Å². The van der Waals surface area contributed by atoms with Crippen molar-refractivity contribution in [1.29, 1.82) is 0 Å². The normalized spacial score (nSPS) is 19.9. The van der Waals surface area contributed by atoms with Crippen molar-refractivity contribution in [1.82, 2.24) is 0 Å². The monoisotopic (exact) mass is 155 g/mol. The molecule has 11 heavy (non-hydrogen) atoms. The molecule has 1 saturated carbocycles. The lowest BCUT2D eigenvalue weighted by Crippen LogP contribution is -2.34. The fourth-order valence-electron chi connectivity index (χ4n) is 1.42. The fraction of sp³-hybridized carbons (Fsp3) is 0.900. The first-order valence-electron chi connectivity index (χ1n) is 4.61. The zero-order chi connectivity index (χ0) is 8.32. The molecule has 0 saturated heterocycles. The topological polar surface area (TPSA) is 9.23 Å². The molecule has 1 fully saturated rings. The molecule has 0 aromatic heterocycles. The lowest BCUT2D eigenvalue weighted by molar-refractivity contribution is -0.105. The summed E-state index contributed by atoms with van der Waals surface area (Å²) in [5.74, 6) is 0. The van der Waals surface area contributed by atoms with Crippen molar-refractivity contribution in [2.24, 2.45) is 0 Å². The van der Waals surface area contributed by atoms with Gasteiger partial charge in [-0.05, 0) is 39.5 Å². The molecule has 1 aliphatic carbocycles. The smallest absolute Gasteiger partial charge is 0.0630 e. The summed E-state index contributed by atoms with van der Waals surface area (Å²) in [4.78, 5) is 0. The van der Waals surface area contributed by atoms with Gasteiger partial charge in [0.05, 0.1) is 11.7 Å². The molecule has 0 spiro atoms. The van der Waals surface area contributed by atoms with Crippen molar-refractivity contribution in [3.63, 3.8) is 0 Å². The van der Waals surface area contributed by atoms with E-state index in [2.05, 4.69) is 20.8 Å². The van der Waals surface area contributed by atoms with Gasteiger partial charge in [-0.1, -0.05) is 13.3 Å². The summed E-state index contributed by atoms with van der Waals surface area (Å²) < 4.78 is 5.87. The van der Waals surface area contributed by atoms with E-state index in [4.69, 9.17) is 4.74 Å². The summed E-state index contributed by atoms with van der Waals surface area (Å²) in [5, 5.41) is 0. The molecule has 1 heteroatoms. The van der Waals surface area contributed by atoms with Crippen molar-refractivity contribution < 1.29 is 4.74 Å². The van der Waals surface area contributed by atoms with E-state index in [0.717, 1.165) is 12.8 Å². The van der Waals surface area contributed by atoms with Crippen LogP contribution in [0.2, 0.25) is 0 Å². The highest BCUT2D eigenvalue weighted by molar-refractivity contribution is 4.76. The van der Waals surface area contributed by atoms with Crippen LogP contribution in [0.5, 0.6) is 0 Å². The molecule has 65 valence electrons. The van der Waals surface area contributed by atoms with Crippen molar-refractivity contribution in [3.8, 4) is 0 Å². The maximum absolute atomic E-state index is 5.87. The Morgan fingerprint density at radius 1 is 1.45 bits per heavy atom. The molecule has 0 atom stereocenters. The Kier molecular flexibility index (Phi) is 2.94. The summed E-state index contributed by atoms with van der Waals surface area (Å²) in [7, 11) is 0. The fourth-order valence-corrected chi connectivity index (χ4v) is 1.42. The molecule has 0 unspecified atom stereocenters. The number of ether oxygens (including phenoxy) is 1. The van der Waals surface area contributed by atoms with E-state index in [-0.39, 0.29) is 5.60 Å². The summed E-state index contributed by atoms with van der Waals surface area (Å²) in [6, 6.07) is 0. The number of rotatable bonds is 4. The van der Waals surface area contributed by atoms with Crippen molar-refractivity contribution in [3.05, 3.63) is 6.92 Å². The van der Waals surface area contributed by atoms with Crippen LogP contribution in [-0.4, -0.2) is 11.7 Å². The predicted octanol–water partition coefficient (Wildman–Crippen LogP) is 2.95. The van der Waals surface area contributed by atoms with Gasteiger partial charge in [0.25, 0.3) is 0 Å². The zero-order valence-electron chi connectivity index (χ0n) is 7.73. The number of hydrogen-bond acceptors (Lipinski definition) is 1. The van der Waals surface area contributed by atoms with Gasteiger partial charge < -0.3 is 4.74 Å². The van der Waals surface area contributed by atoms with Gasteiger partial charge in [-0.25, -0.2) is 0 Å². The van der Waals surface area contributed by atoms with Gasteiger partial charge >= 0.3 is 0 Å². The summed E-state index contributed by atoms with van der Waals surface area (Å²) >= 11 is 0. The van der Waals surface area contributed by atoms with Crippen LogP contribution in [0.1, 0.15) is 46.0 Å². The highest BCUT2D eigenvalue weighted by atomic mass is 16.5. The summed E-state index contributed by atoms with van der Waals surface area (Å²) in [6.45, 7) is 8.17. The van der Waals surface area contributed by atoms with E-state index in [1.165, 1.54) is 19.3 Å². The minimum Gasteiger partial charge on any atom is -0.372 e. The highest BCUT2D eigenvalue weighted by Gasteiger charge is 2.26. The second-order valence-corrected chi connectivity index (χ2v) is 4.03. The molecule has 1 nitrogen and oxygen atoms in total. The third-order valence-electron chi connectivity index (χ3n) is 2.32. The average molecular weight is 155 g/mol. The Balaban J connectivity index is 2.20. The molecule has 0 N–H and O–H groups in total. The van der Waals surface area contributed by atoms with Crippen LogP contribution in [-0.2, 0) is 4.74 Å². The Hall–Kier alpha value is -0.0400. The van der Waals surface area contributed by atoms with Gasteiger partial charge in [-0.15, -0.1) is 0 Å². The average Bonchev–Trinajstić information content (AvgIpc) is 1.79. The van der Waals surface area contributed by atoms with Crippen LogP contribution in [0.3, 0.4) is 0 Å². The SMILES string of the molecule is [CH2]CCC(C)(C)OC1CCC1. The van der Waals surface area contributed by atoms with E-state index in [9.17, 15) is 0 Å². The Morgan fingerprint density at radius 2 is 2.09 bits per heavy atom. The Bertz CT molecular complexity index is 114. The molecule has 0 aliphatic heterocycles. The molecule has 1 radical (unpaired) electrons. The summed E-state index contributed by atoms with van der Waals surface area (Å²) in [5.41, 5.74) is 0.0623. The van der Waals surface area contributed by atoms with Gasteiger partial charge in [-0.2, -0.15) is 0 Å². The molecule has 1 rings (SSSR count). The van der Waals surface area contributed by atoms with Crippen LogP contribution < -0.4 is 0 Å². The predicted molar refractivity (Wildman–Crippen MR) is 47.4 cm³/mol. The van der Waals surface area contributed by atoms with Crippen LogP contribution in [0.25, 0.3) is 0 Å². The van der Waals surface area contributed by atoms with E-state index in [1.807, 2.05) is 0 Å². The molecule has 0 aromatic rings. The first-order chi connectivity index (χ1) is 5.14. The molecule has 0 aromatic carbocycles.